The second-order valence-electron chi connectivity index (χ2n) is 7.08. The summed E-state index contributed by atoms with van der Waals surface area (Å²) in [5, 5.41) is 2.72. The van der Waals surface area contributed by atoms with Crippen molar-refractivity contribution in [2.75, 3.05) is 46.7 Å². The summed E-state index contributed by atoms with van der Waals surface area (Å²) in [5.41, 5.74) is 0. The second-order valence-corrected chi connectivity index (χ2v) is 7.08. The van der Waals surface area contributed by atoms with E-state index < -0.39 is 23.8 Å². The highest BCUT2D eigenvalue weighted by Crippen LogP contribution is 2.18. The van der Waals surface area contributed by atoms with Crippen molar-refractivity contribution in [2.24, 2.45) is 11.8 Å². The lowest BCUT2D eigenvalue weighted by molar-refractivity contribution is -0.144. The minimum absolute atomic E-state index is 0.0420. The Morgan fingerprint density at radius 3 is 2.41 bits per heavy atom. The summed E-state index contributed by atoms with van der Waals surface area (Å²) in [6.07, 6.45) is 6.97. The van der Waals surface area contributed by atoms with Crippen molar-refractivity contribution in [1.29, 1.82) is 0 Å². The van der Waals surface area contributed by atoms with Gasteiger partial charge in [0.1, 0.15) is 12.4 Å². The van der Waals surface area contributed by atoms with Gasteiger partial charge in [-0.2, -0.15) is 0 Å². The standard InChI is InChI=1S/C23H35NO8/c1-5-12-31-21(26)9-7-18(3)20(25)17-19(8-10-22(27)32-13-6-2)23(28)24-11-14-30-16-15-29-4/h2,5,18-19H,1,7-17H2,3-4H3,(H,24,28). The number of carbonyl (C=O) groups excluding carboxylic acids is 4. The zero-order valence-electron chi connectivity index (χ0n) is 19.1. The zero-order valence-corrected chi connectivity index (χ0v) is 19.1. The van der Waals surface area contributed by atoms with Gasteiger partial charge in [0.25, 0.3) is 0 Å². The van der Waals surface area contributed by atoms with Gasteiger partial charge < -0.3 is 24.3 Å². The number of terminal acetylenes is 1. The molecule has 9 heteroatoms. The predicted molar refractivity (Wildman–Crippen MR) is 117 cm³/mol. The van der Waals surface area contributed by atoms with E-state index in [1.165, 1.54) is 6.08 Å². The molecule has 2 unspecified atom stereocenters. The van der Waals surface area contributed by atoms with Gasteiger partial charge in [0, 0.05) is 44.8 Å². The van der Waals surface area contributed by atoms with E-state index in [0.29, 0.717) is 26.2 Å². The third-order valence-corrected chi connectivity index (χ3v) is 4.50. The second kappa shape index (κ2) is 19.0. The Morgan fingerprint density at radius 2 is 1.75 bits per heavy atom. The van der Waals surface area contributed by atoms with Gasteiger partial charge in [-0.1, -0.05) is 25.5 Å². The first-order valence-electron chi connectivity index (χ1n) is 10.6. The highest BCUT2D eigenvalue weighted by Gasteiger charge is 2.26. The Balaban J connectivity index is 4.72. The monoisotopic (exact) mass is 453 g/mol. The van der Waals surface area contributed by atoms with Crippen molar-refractivity contribution in [1.82, 2.24) is 5.32 Å². The van der Waals surface area contributed by atoms with Crippen LogP contribution in [0.4, 0.5) is 0 Å². The van der Waals surface area contributed by atoms with Gasteiger partial charge in [-0.25, -0.2) is 0 Å². The highest BCUT2D eigenvalue weighted by atomic mass is 16.5. The number of amides is 1. The molecule has 0 aromatic carbocycles. The Morgan fingerprint density at radius 1 is 1.06 bits per heavy atom. The summed E-state index contributed by atoms with van der Waals surface area (Å²) in [7, 11) is 1.56. The first-order valence-corrected chi connectivity index (χ1v) is 10.6. The molecule has 0 aliphatic heterocycles. The number of Topliss-reactive ketones (excluding diaryl/α,β-unsaturated/α-hetero) is 1. The Bertz CT molecular complexity index is 640. The molecule has 9 nitrogen and oxygen atoms in total. The summed E-state index contributed by atoms with van der Waals surface area (Å²) in [6.45, 7) is 6.55. The van der Waals surface area contributed by atoms with Crippen molar-refractivity contribution in [3.8, 4) is 12.3 Å². The summed E-state index contributed by atoms with van der Waals surface area (Å²) >= 11 is 0. The van der Waals surface area contributed by atoms with Crippen LogP contribution in [0.15, 0.2) is 12.7 Å². The molecule has 0 aliphatic carbocycles. The molecular weight excluding hydrogens is 418 g/mol. The first-order chi connectivity index (χ1) is 15.3. The molecule has 0 heterocycles. The van der Waals surface area contributed by atoms with Gasteiger partial charge in [0.05, 0.1) is 19.8 Å². The van der Waals surface area contributed by atoms with E-state index in [-0.39, 0.29) is 57.1 Å². The van der Waals surface area contributed by atoms with Gasteiger partial charge in [-0.15, -0.1) is 6.42 Å². The Labute approximate surface area is 190 Å². The lowest BCUT2D eigenvalue weighted by atomic mass is 9.89. The molecule has 32 heavy (non-hydrogen) atoms. The van der Waals surface area contributed by atoms with Crippen LogP contribution in [0, 0.1) is 24.2 Å². The van der Waals surface area contributed by atoms with Crippen LogP contribution in [0.5, 0.6) is 0 Å². The number of esters is 2. The van der Waals surface area contributed by atoms with Crippen LogP contribution in [0.1, 0.15) is 39.0 Å². The molecule has 180 valence electrons. The van der Waals surface area contributed by atoms with Crippen molar-refractivity contribution in [2.45, 2.75) is 39.0 Å². The maximum Gasteiger partial charge on any atom is 0.306 e. The van der Waals surface area contributed by atoms with Crippen LogP contribution in [0.25, 0.3) is 0 Å². The van der Waals surface area contributed by atoms with Crippen molar-refractivity contribution < 1.29 is 38.1 Å². The number of methoxy groups -OCH3 is 1. The van der Waals surface area contributed by atoms with Crippen LogP contribution in [-0.4, -0.2) is 70.3 Å². The normalized spacial score (nSPS) is 12.2. The summed E-state index contributed by atoms with van der Waals surface area (Å²) in [4.78, 5) is 48.6. The Kier molecular flexibility index (Phi) is 17.4. The van der Waals surface area contributed by atoms with Gasteiger partial charge in [0.15, 0.2) is 6.61 Å². The van der Waals surface area contributed by atoms with Crippen LogP contribution < -0.4 is 5.32 Å². The van der Waals surface area contributed by atoms with E-state index in [2.05, 4.69) is 17.8 Å². The zero-order chi connectivity index (χ0) is 24.2. The lowest BCUT2D eigenvalue weighted by Crippen LogP contribution is -2.35. The van der Waals surface area contributed by atoms with Crippen molar-refractivity contribution in [3.63, 3.8) is 0 Å². The average Bonchev–Trinajstić information content (AvgIpc) is 2.79. The summed E-state index contributed by atoms with van der Waals surface area (Å²) in [5.74, 6) is -0.421. The van der Waals surface area contributed by atoms with Crippen LogP contribution in [0.3, 0.4) is 0 Å². The fraction of sp³-hybridized carbons (Fsp3) is 0.652. The predicted octanol–water partition coefficient (Wildman–Crippen LogP) is 1.44. The number of nitrogens with one attached hydrogen (secondary N) is 1. The number of carbonyl (C=O) groups is 4. The van der Waals surface area contributed by atoms with E-state index in [0.717, 1.165) is 0 Å². The molecule has 2 atom stereocenters. The maximum absolute atomic E-state index is 12.6. The first kappa shape index (κ1) is 29.3. The summed E-state index contributed by atoms with van der Waals surface area (Å²) in [6, 6.07) is 0. The third-order valence-electron chi connectivity index (χ3n) is 4.50. The largest absolute Gasteiger partial charge is 0.461 e. The minimum Gasteiger partial charge on any atom is -0.461 e. The minimum atomic E-state index is -0.713. The number of rotatable bonds is 19. The fourth-order valence-electron chi connectivity index (χ4n) is 2.61. The quantitative estimate of drug-likeness (QED) is 0.135. The third kappa shape index (κ3) is 15.2. The van der Waals surface area contributed by atoms with E-state index in [4.69, 9.17) is 25.4 Å². The molecule has 0 bridgehead atoms. The fourth-order valence-corrected chi connectivity index (χ4v) is 2.61. The van der Waals surface area contributed by atoms with E-state index in [9.17, 15) is 19.2 Å². The van der Waals surface area contributed by atoms with Crippen LogP contribution >= 0.6 is 0 Å². The molecule has 0 fully saturated rings. The van der Waals surface area contributed by atoms with Gasteiger partial charge in [0.2, 0.25) is 5.91 Å². The van der Waals surface area contributed by atoms with E-state index in [1.807, 2.05) is 0 Å². The molecule has 0 aromatic heterocycles. The molecule has 0 aliphatic rings. The molecule has 0 spiro atoms. The molecule has 0 saturated heterocycles. The molecular formula is C23H35NO8. The molecule has 0 radical (unpaired) electrons. The molecule has 1 amide bonds. The van der Waals surface area contributed by atoms with E-state index >= 15 is 0 Å². The maximum atomic E-state index is 12.6. The molecule has 0 aromatic rings. The average molecular weight is 454 g/mol. The lowest BCUT2D eigenvalue weighted by Gasteiger charge is -2.18. The number of hydrogen-bond acceptors (Lipinski definition) is 8. The van der Waals surface area contributed by atoms with Gasteiger partial charge >= 0.3 is 11.9 Å². The summed E-state index contributed by atoms with van der Waals surface area (Å²) < 4.78 is 19.9. The smallest absolute Gasteiger partial charge is 0.306 e. The number of hydrogen-bond donors (Lipinski definition) is 1. The van der Waals surface area contributed by atoms with Gasteiger partial charge in [-0.05, 0) is 12.8 Å². The van der Waals surface area contributed by atoms with E-state index in [1.54, 1.807) is 14.0 Å². The molecule has 0 rings (SSSR count). The Hall–Kier alpha value is -2.70. The van der Waals surface area contributed by atoms with Gasteiger partial charge in [-0.3, -0.25) is 19.2 Å². The van der Waals surface area contributed by atoms with Crippen LogP contribution in [0.2, 0.25) is 0 Å². The van der Waals surface area contributed by atoms with Crippen molar-refractivity contribution in [3.05, 3.63) is 12.7 Å². The van der Waals surface area contributed by atoms with Crippen molar-refractivity contribution >= 4 is 23.6 Å². The van der Waals surface area contributed by atoms with Crippen LogP contribution in [-0.2, 0) is 38.1 Å². The number of ketones is 1. The topological polar surface area (TPSA) is 117 Å². The molecule has 0 saturated carbocycles. The SMILES string of the molecule is C#CCOC(=O)CCC(CC(=O)C(C)CCC(=O)OCC=C)C(=O)NCCOCCOC. The number of ether oxygens (including phenoxy) is 4. The highest BCUT2D eigenvalue weighted by molar-refractivity contribution is 5.88. The molecule has 1 N–H and O–H groups in total.